The molecule has 1 aromatic heterocycles. The van der Waals surface area contributed by atoms with Crippen molar-refractivity contribution in [3.05, 3.63) is 22.4 Å². The molecule has 0 spiro atoms. The van der Waals surface area contributed by atoms with Crippen molar-refractivity contribution in [3.8, 4) is 0 Å². The van der Waals surface area contributed by atoms with Gasteiger partial charge in [0.15, 0.2) is 0 Å². The summed E-state index contributed by atoms with van der Waals surface area (Å²) in [6, 6.07) is 4.15. The van der Waals surface area contributed by atoms with E-state index in [1.165, 1.54) is 11.3 Å². The Morgan fingerprint density at radius 1 is 1.50 bits per heavy atom. The fraction of sp³-hybridized carbons (Fsp3) is 0.615. The van der Waals surface area contributed by atoms with Crippen LogP contribution >= 0.6 is 11.3 Å². The van der Waals surface area contributed by atoms with Gasteiger partial charge >= 0.3 is 0 Å². The van der Waals surface area contributed by atoms with Crippen molar-refractivity contribution in [3.63, 3.8) is 0 Å². The zero-order valence-electron chi connectivity index (χ0n) is 9.52. The highest BCUT2D eigenvalue weighted by molar-refractivity contribution is 7.09. The van der Waals surface area contributed by atoms with Crippen LogP contribution in [0.1, 0.15) is 30.6 Å². The smallest absolute Gasteiger partial charge is 0.136 e. The van der Waals surface area contributed by atoms with Crippen LogP contribution < -0.4 is 5.73 Å². The van der Waals surface area contributed by atoms with Gasteiger partial charge in [0, 0.05) is 17.2 Å². The third-order valence-electron chi connectivity index (χ3n) is 3.57. The summed E-state index contributed by atoms with van der Waals surface area (Å²) in [6.07, 6.45) is 4.99. The Kier molecular flexibility index (Phi) is 4.13. The minimum Gasteiger partial charge on any atom is -0.330 e. The molecule has 1 saturated carbocycles. The number of thiophene rings is 1. The highest BCUT2D eigenvalue weighted by Crippen LogP contribution is 2.32. The number of aryl methyl sites for hydroxylation is 1. The van der Waals surface area contributed by atoms with E-state index < -0.39 is 0 Å². The molecule has 1 aromatic rings. The number of Topliss-reactive ketones (excluding diaryl/α,β-unsaturated/α-hetero) is 1. The van der Waals surface area contributed by atoms with Crippen molar-refractivity contribution in [2.45, 2.75) is 32.1 Å². The van der Waals surface area contributed by atoms with Crippen LogP contribution in [0.15, 0.2) is 17.5 Å². The van der Waals surface area contributed by atoms with E-state index in [2.05, 4.69) is 11.4 Å². The fourth-order valence-corrected chi connectivity index (χ4v) is 3.34. The predicted octanol–water partition coefficient (Wildman–Crippen LogP) is 2.62. The average Bonchev–Trinajstić information content (AvgIpc) is 2.96. The van der Waals surface area contributed by atoms with Crippen molar-refractivity contribution in [2.75, 3.05) is 6.54 Å². The van der Waals surface area contributed by atoms with Crippen LogP contribution in [0.3, 0.4) is 0 Å². The van der Waals surface area contributed by atoms with Gasteiger partial charge in [0.05, 0.1) is 0 Å². The third-order valence-corrected chi connectivity index (χ3v) is 4.51. The van der Waals surface area contributed by atoms with Crippen molar-refractivity contribution < 1.29 is 4.79 Å². The SMILES string of the molecule is NCC1CCCC1C(=O)CCc1cccs1. The molecule has 88 valence electrons. The highest BCUT2D eigenvalue weighted by atomic mass is 32.1. The monoisotopic (exact) mass is 237 g/mol. The minimum atomic E-state index is 0.255. The molecule has 1 heterocycles. The van der Waals surface area contributed by atoms with Gasteiger partial charge in [-0.1, -0.05) is 12.5 Å². The quantitative estimate of drug-likeness (QED) is 0.855. The summed E-state index contributed by atoms with van der Waals surface area (Å²) in [7, 11) is 0. The standard InChI is InChI=1S/C13H19NOS/c14-9-10-3-1-5-12(10)13(15)7-6-11-4-2-8-16-11/h2,4,8,10,12H,1,3,5-7,9,14H2. The van der Waals surface area contributed by atoms with Crippen LogP contribution in [-0.2, 0) is 11.2 Å². The van der Waals surface area contributed by atoms with Crippen LogP contribution in [0.25, 0.3) is 0 Å². The maximum atomic E-state index is 12.1. The van der Waals surface area contributed by atoms with E-state index >= 15 is 0 Å². The molecule has 3 heteroatoms. The first-order chi connectivity index (χ1) is 7.81. The Morgan fingerprint density at radius 3 is 3.06 bits per heavy atom. The molecule has 2 rings (SSSR count). The molecular formula is C13H19NOS. The lowest BCUT2D eigenvalue weighted by Gasteiger charge is -2.16. The Hall–Kier alpha value is -0.670. The number of ketones is 1. The number of rotatable bonds is 5. The van der Waals surface area contributed by atoms with Crippen molar-refractivity contribution in [2.24, 2.45) is 17.6 Å². The largest absolute Gasteiger partial charge is 0.330 e. The summed E-state index contributed by atoms with van der Waals surface area (Å²) in [5.41, 5.74) is 5.70. The molecule has 0 bridgehead atoms. The van der Waals surface area contributed by atoms with E-state index in [-0.39, 0.29) is 5.92 Å². The number of carbonyl (C=O) groups excluding carboxylic acids is 1. The zero-order valence-corrected chi connectivity index (χ0v) is 10.3. The van der Waals surface area contributed by atoms with E-state index in [1.807, 2.05) is 6.07 Å². The maximum absolute atomic E-state index is 12.1. The van der Waals surface area contributed by atoms with Gasteiger partial charge in [-0.25, -0.2) is 0 Å². The molecule has 0 amide bonds. The second-order valence-corrected chi connectivity index (χ2v) is 5.61. The van der Waals surface area contributed by atoms with Gasteiger partial charge in [-0.3, -0.25) is 4.79 Å². The Morgan fingerprint density at radius 2 is 2.38 bits per heavy atom. The molecule has 1 fully saturated rings. The van der Waals surface area contributed by atoms with Gasteiger partial charge in [-0.2, -0.15) is 0 Å². The second-order valence-electron chi connectivity index (χ2n) is 4.58. The van der Waals surface area contributed by atoms with Crippen LogP contribution in [0.2, 0.25) is 0 Å². The molecule has 2 atom stereocenters. The van der Waals surface area contributed by atoms with Gasteiger partial charge in [-0.05, 0) is 43.2 Å². The Labute approximate surface area is 101 Å². The molecule has 1 aliphatic rings. The molecule has 0 aromatic carbocycles. The molecule has 0 aliphatic heterocycles. The summed E-state index contributed by atoms with van der Waals surface area (Å²) in [6.45, 7) is 0.676. The van der Waals surface area contributed by atoms with Crippen LogP contribution in [0.5, 0.6) is 0 Å². The molecule has 1 aliphatic carbocycles. The number of hydrogen-bond acceptors (Lipinski definition) is 3. The number of carbonyl (C=O) groups is 1. The van der Waals surface area contributed by atoms with Crippen LogP contribution in [-0.4, -0.2) is 12.3 Å². The summed E-state index contributed by atoms with van der Waals surface area (Å²) in [4.78, 5) is 13.4. The number of hydrogen-bond donors (Lipinski definition) is 1. The van der Waals surface area contributed by atoms with Gasteiger partial charge < -0.3 is 5.73 Å². The topological polar surface area (TPSA) is 43.1 Å². The average molecular weight is 237 g/mol. The lowest BCUT2D eigenvalue weighted by molar-refractivity contribution is -0.123. The molecule has 0 saturated heterocycles. The van der Waals surface area contributed by atoms with E-state index in [1.54, 1.807) is 11.3 Å². The Balaban J connectivity index is 1.83. The summed E-state index contributed by atoms with van der Waals surface area (Å²) < 4.78 is 0. The molecule has 0 radical (unpaired) electrons. The minimum absolute atomic E-state index is 0.255. The van der Waals surface area contributed by atoms with Gasteiger partial charge in [0.25, 0.3) is 0 Å². The summed E-state index contributed by atoms with van der Waals surface area (Å²) >= 11 is 1.74. The maximum Gasteiger partial charge on any atom is 0.136 e. The first-order valence-electron chi connectivity index (χ1n) is 6.06. The summed E-state index contributed by atoms with van der Waals surface area (Å²) in [5.74, 6) is 1.14. The molecular weight excluding hydrogens is 218 g/mol. The predicted molar refractivity (Wildman–Crippen MR) is 67.5 cm³/mol. The first-order valence-corrected chi connectivity index (χ1v) is 6.94. The van der Waals surface area contributed by atoms with Crippen molar-refractivity contribution in [1.82, 2.24) is 0 Å². The van der Waals surface area contributed by atoms with Gasteiger partial charge in [0.2, 0.25) is 0 Å². The molecule has 16 heavy (non-hydrogen) atoms. The molecule has 2 N–H and O–H groups in total. The lowest BCUT2D eigenvalue weighted by atomic mass is 9.90. The van der Waals surface area contributed by atoms with E-state index in [4.69, 9.17) is 5.73 Å². The van der Waals surface area contributed by atoms with Crippen molar-refractivity contribution in [1.29, 1.82) is 0 Å². The van der Waals surface area contributed by atoms with Crippen LogP contribution in [0, 0.1) is 11.8 Å². The highest BCUT2D eigenvalue weighted by Gasteiger charge is 2.31. The number of nitrogens with two attached hydrogens (primary N) is 1. The third kappa shape index (κ3) is 2.71. The zero-order chi connectivity index (χ0) is 11.4. The van der Waals surface area contributed by atoms with Crippen LogP contribution in [0.4, 0.5) is 0 Å². The Bertz CT molecular complexity index is 334. The fourth-order valence-electron chi connectivity index (χ4n) is 2.63. The van der Waals surface area contributed by atoms with E-state index in [0.717, 1.165) is 19.3 Å². The van der Waals surface area contributed by atoms with Crippen molar-refractivity contribution >= 4 is 17.1 Å². The molecule has 2 unspecified atom stereocenters. The summed E-state index contributed by atoms with van der Waals surface area (Å²) in [5, 5.41) is 2.07. The lowest BCUT2D eigenvalue weighted by Crippen LogP contribution is -2.25. The van der Waals surface area contributed by atoms with Gasteiger partial charge in [-0.15, -0.1) is 11.3 Å². The van der Waals surface area contributed by atoms with E-state index in [9.17, 15) is 4.79 Å². The van der Waals surface area contributed by atoms with Gasteiger partial charge in [0.1, 0.15) is 5.78 Å². The molecule has 2 nitrogen and oxygen atoms in total. The second kappa shape index (κ2) is 5.60. The van der Waals surface area contributed by atoms with E-state index in [0.29, 0.717) is 24.7 Å². The first kappa shape index (κ1) is 11.8. The normalized spacial score (nSPS) is 24.8.